The van der Waals surface area contributed by atoms with Gasteiger partial charge in [-0.2, -0.15) is 0 Å². The maximum atomic E-state index is 14.9. The summed E-state index contributed by atoms with van der Waals surface area (Å²) in [6.07, 6.45) is 6.16. The van der Waals surface area contributed by atoms with Crippen molar-refractivity contribution in [1.82, 2.24) is 0 Å². The molecule has 1 nitrogen and oxygen atoms in total. The van der Waals surface area contributed by atoms with Crippen molar-refractivity contribution in [2.24, 2.45) is 5.92 Å². The van der Waals surface area contributed by atoms with E-state index in [2.05, 4.69) is 0 Å². The Morgan fingerprint density at radius 2 is 2.00 bits per heavy atom. The van der Waals surface area contributed by atoms with Crippen LogP contribution in [0, 0.1) is 5.92 Å². The lowest BCUT2D eigenvalue weighted by atomic mass is 9.75. The number of alkyl halides is 1. The first kappa shape index (κ1) is 12.3. The molecule has 1 aromatic rings. The van der Waals surface area contributed by atoms with Crippen molar-refractivity contribution < 1.29 is 9.18 Å². The molecule has 1 aliphatic carbocycles. The van der Waals surface area contributed by atoms with E-state index in [1.807, 2.05) is 0 Å². The van der Waals surface area contributed by atoms with Crippen LogP contribution in [0.15, 0.2) is 24.3 Å². The third-order valence-corrected chi connectivity index (χ3v) is 3.96. The molecule has 1 aromatic carbocycles. The zero-order valence-corrected chi connectivity index (χ0v) is 10.3. The molecule has 17 heavy (non-hydrogen) atoms. The molecular formula is C15H19FO. The van der Waals surface area contributed by atoms with E-state index in [4.69, 9.17) is 0 Å². The van der Waals surface area contributed by atoms with Gasteiger partial charge in [0.2, 0.25) is 0 Å². The smallest absolute Gasteiger partial charge is 0.150 e. The van der Waals surface area contributed by atoms with Gasteiger partial charge in [-0.1, -0.05) is 37.5 Å². The number of hydrogen-bond donors (Lipinski definition) is 0. The van der Waals surface area contributed by atoms with Gasteiger partial charge in [0.25, 0.3) is 0 Å². The summed E-state index contributed by atoms with van der Waals surface area (Å²) >= 11 is 0. The second-order valence-electron chi connectivity index (χ2n) is 5.15. The summed E-state index contributed by atoms with van der Waals surface area (Å²) in [5.41, 5.74) is -0.101. The third-order valence-electron chi connectivity index (χ3n) is 3.96. The Labute approximate surface area is 102 Å². The van der Waals surface area contributed by atoms with Gasteiger partial charge in [-0.15, -0.1) is 0 Å². The van der Waals surface area contributed by atoms with E-state index in [9.17, 15) is 9.18 Å². The van der Waals surface area contributed by atoms with Crippen LogP contribution >= 0.6 is 0 Å². The van der Waals surface area contributed by atoms with Crippen LogP contribution in [0.1, 0.15) is 54.9 Å². The van der Waals surface area contributed by atoms with Crippen LogP contribution in [0.5, 0.6) is 0 Å². The third kappa shape index (κ3) is 2.56. The van der Waals surface area contributed by atoms with Crippen molar-refractivity contribution in [1.29, 1.82) is 0 Å². The van der Waals surface area contributed by atoms with E-state index < -0.39 is 5.67 Å². The fourth-order valence-corrected chi connectivity index (χ4v) is 2.80. The van der Waals surface area contributed by atoms with Crippen LogP contribution < -0.4 is 0 Å². The zero-order valence-electron chi connectivity index (χ0n) is 10.3. The summed E-state index contributed by atoms with van der Waals surface area (Å²) < 4.78 is 14.9. The van der Waals surface area contributed by atoms with Gasteiger partial charge in [0.15, 0.2) is 0 Å². The Balaban J connectivity index is 2.25. The Kier molecular flexibility index (Phi) is 3.60. The number of hydrogen-bond acceptors (Lipinski definition) is 1. The van der Waals surface area contributed by atoms with Crippen LogP contribution in [0.25, 0.3) is 0 Å². The fourth-order valence-electron chi connectivity index (χ4n) is 2.80. The van der Waals surface area contributed by atoms with Gasteiger partial charge in [0, 0.05) is 5.56 Å². The van der Waals surface area contributed by atoms with Crippen molar-refractivity contribution in [3.05, 3.63) is 35.4 Å². The van der Waals surface area contributed by atoms with Crippen molar-refractivity contribution in [3.63, 3.8) is 0 Å². The zero-order chi connectivity index (χ0) is 12.3. The van der Waals surface area contributed by atoms with E-state index in [0.29, 0.717) is 11.1 Å². The Hall–Kier alpha value is -1.18. The molecule has 0 N–H and O–H groups in total. The van der Waals surface area contributed by atoms with Crippen LogP contribution in [0.4, 0.5) is 4.39 Å². The molecule has 2 heteroatoms. The lowest BCUT2D eigenvalue weighted by Crippen LogP contribution is -2.29. The normalized spacial score (nSPS) is 20.8. The first-order chi connectivity index (χ1) is 8.14. The monoisotopic (exact) mass is 234 g/mol. The molecule has 0 aliphatic heterocycles. The molecule has 1 atom stereocenters. The van der Waals surface area contributed by atoms with Crippen molar-refractivity contribution in [2.45, 2.75) is 44.7 Å². The van der Waals surface area contributed by atoms with Gasteiger partial charge >= 0.3 is 0 Å². The van der Waals surface area contributed by atoms with Crippen molar-refractivity contribution >= 4 is 6.29 Å². The minimum absolute atomic E-state index is 0.0955. The average Bonchev–Trinajstić information content (AvgIpc) is 2.40. The lowest BCUT2D eigenvalue weighted by molar-refractivity contribution is 0.0725. The van der Waals surface area contributed by atoms with Crippen molar-refractivity contribution in [3.8, 4) is 0 Å². The molecule has 0 radical (unpaired) electrons. The molecule has 1 fully saturated rings. The molecule has 0 spiro atoms. The number of carbonyl (C=O) groups excluding carboxylic acids is 1. The van der Waals surface area contributed by atoms with Crippen LogP contribution in [0.3, 0.4) is 0 Å². The maximum absolute atomic E-state index is 14.9. The number of carbonyl (C=O) groups is 1. The first-order valence-corrected chi connectivity index (χ1v) is 6.39. The number of rotatable bonds is 3. The van der Waals surface area contributed by atoms with Crippen LogP contribution in [0.2, 0.25) is 0 Å². The molecule has 1 aliphatic rings. The van der Waals surface area contributed by atoms with Crippen molar-refractivity contribution in [2.75, 3.05) is 0 Å². The minimum Gasteiger partial charge on any atom is -0.298 e. The molecule has 0 saturated heterocycles. The molecule has 0 bridgehead atoms. The van der Waals surface area contributed by atoms with Gasteiger partial charge in [-0.25, -0.2) is 4.39 Å². The largest absolute Gasteiger partial charge is 0.298 e. The molecule has 1 saturated carbocycles. The number of benzene rings is 1. The van der Waals surface area contributed by atoms with Gasteiger partial charge < -0.3 is 0 Å². The van der Waals surface area contributed by atoms with Crippen LogP contribution in [-0.4, -0.2) is 6.29 Å². The van der Waals surface area contributed by atoms with E-state index in [1.165, 1.54) is 6.42 Å². The first-order valence-electron chi connectivity index (χ1n) is 6.39. The van der Waals surface area contributed by atoms with Gasteiger partial charge in [0.1, 0.15) is 12.0 Å². The summed E-state index contributed by atoms with van der Waals surface area (Å²) in [5.74, 6) is 0.0955. The highest BCUT2D eigenvalue weighted by Crippen LogP contribution is 2.42. The summed E-state index contributed by atoms with van der Waals surface area (Å²) in [6, 6.07) is 6.95. The summed E-state index contributed by atoms with van der Waals surface area (Å²) in [6.45, 7) is 1.66. The molecule has 0 aromatic heterocycles. The molecule has 92 valence electrons. The standard InChI is InChI=1S/C15H19FO/c1-15(16,13-7-3-2-4-8-13)14-9-5-6-12(10-14)11-17/h5-6,9-11,13H,2-4,7-8H2,1H3. The summed E-state index contributed by atoms with van der Waals surface area (Å²) in [5, 5.41) is 0. The molecule has 1 unspecified atom stereocenters. The quantitative estimate of drug-likeness (QED) is 0.714. The Morgan fingerprint density at radius 1 is 1.29 bits per heavy atom. The van der Waals surface area contributed by atoms with Gasteiger partial charge in [0.05, 0.1) is 0 Å². The highest BCUT2D eigenvalue weighted by Gasteiger charge is 2.36. The topological polar surface area (TPSA) is 17.1 Å². The van der Waals surface area contributed by atoms with Gasteiger partial charge in [-0.05, 0) is 37.3 Å². The summed E-state index contributed by atoms with van der Waals surface area (Å²) in [7, 11) is 0. The highest BCUT2D eigenvalue weighted by molar-refractivity contribution is 5.75. The lowest BCUT2D eigenvalue weighted by Gasteiger charge is -2.33. The fraction of sp³-hybridized carbons (Fsp3) is 0.533. The molecule has 0 amide bonds. The molecule has 0 heterocycles. The predicted molar refractivity (Wildman–Crippen MR) is 66.9 cm³/mol. The second-order valence-corrected chi connectivity index (χ2v) is 5.15. The van der Waals surface area contributed by atoms with E-state index in [0.717, 1.165) is 32.0 Å². The van der Waals surface area contributed by atoms with E-state index >= 15 is 0 Å². The molecular weight excluding hydrogens is 215 g/mol. The van der Waals surface area contributed by atoms with E-state index in [-0.39, 0.29) is 5.92 Å². The molecule has 2 rings (SSSR count). The average molecular weight is 234 g/mol. The second kappa shape index (κ2) is 4.99. The maximum Gasteiger partial charge on any atom is 0.150 e. The minimum atomic E-state index is -1.31. The van der Waals surface area contributed by atoms with Crippen LogP contribution in [-0.2, 0) is 5.67 Å². The Morgan fingerprint density at radius 3 is 2.65 bits per heavy atom. The summed E-state index contributed by atoms with van der Waals surface area (Å²) in [4.78, 5) is 10.7. The highest BCUT2D eigenvalue weighted by atomic mass is 19.1. The van der Waals surface area contributed by atoms with Gasteiger partial charge in [-0.3, -0.25) is 4.79 Å². The predicted octanol–water partition coefficient (Wildman–Crippen LogP) is 4.26. The Bertz CT molecular complexity index is 392. The van der Waals surface area contributed by atoms with E-state index in [1.54, 1.807) is 31.2 Å². The number of aldehydes is 1. The SMILES string of the molecule is CC(F)(c1cccc(C=O)c1)C1CCCCC1. The number of halogens is 1.